The third-order valence-corrected chi connectivity index (χ3v) is 1.36. The first-order valence-corrected chi connectivity index (χ1v) is 4.63. The van der Waals surface area contributed by atoms with Gasteiger partial charge in [0.25, 0.3) is 0 Å². The van der Waals surface area contributed by atoms with Gasteiger partial charge in [0, 0.05) is 6.61 Å². The van der Waals surface area contributed by atoms with Crippen LogP contribution < -0.4 is 0 Å². The molecule has 2 unspecified atom stereocenters. The van der Waals surface area contributed by atoms with E-state index in [0.717, 1.165) is 19.4 Å². The lowest BCUT2D eigenvalue weighted by Crippen LogP contribution is -2.16. The van der Waals surface area contributed by atoms with Crippen LogP contribution in [0.1, 0.15) is 33.6 Å². The third kappa shape index (κ3) is 8.17. The van der Waals surface area contributed by atoms with Crippen molar-refractivity contribution in [3.8, 4) is 0 Å². The summed E-state index contributed by atoms with van der Waals surface area (Å²) in [6, 6.07) is 0. The summed E-state index contributed by atoms with van der Waals surface area (Å²) in [5.41, 5.74) is -0.0494. The zero-order chi connectivity index (χ0) is 8.69. The van der Waals surface area contributed by atoms with Crippen molar-refractivity contribution >= 4 is 12.6 Å². The van der Waals surface area contributed by atoms with Crippen LogP contribution in [0.4, 0.5) is 0 Å². The number of unbranched alkanes of at least 4 members (excludes halogenated alkanes) is 1. The fourth-order valence-electron chi connectivity index (χ4n) is 0.710. The molecule has 3 heteroatoms. The largest absolute Gasteiger partial charge is 0.353 e. The number of hydrogen-bond donors (Lipinski definition) is 1. The van der Waals surface area contributed by atoms with E-state index in [9.17, 15) is 0 Å². The molecule has 11 heavy (non-hydrogen) atoms. The molecule has 68 valence electrons. The molecule has 2 nitrogen and oxygen atoms in total. The smallest absolute Gasteiger partial charge is 0.156 e. The molecule has 0 fully saturated rings. The molecule has 0 N–H and O–H groups in total. The van der Waals surface area contributed by atoms with Gasteiger partial charge in [-0.05, 0) is 20.3 Å². The molecule has 2 atom stereocenters. The van der Waals surface area contributed by atoms with Crippen molar-refractivity contribution in [1.82, 2.24) is 0 Å². The lowest BCUT2D eigenvalue weighted by molar-refractivity contribution is -0.135. The predicted molar refractivity (Wildman–Crippen MR) is 49.9 cm³/mol. The first kappa shape index (κ1) is 11.3. The van der Waals surface area contributed by atoms with Gasteiger partial charge in [0.1, 0.15) is 5.44 Å². The lowest BCUT2D eigenvalue weighted by atomic mass is 10.4. The quantitative estimate of drug-likeness (QED) is 0.382. The summed E-state index contributed by atoms with van der Waals surface area (Å²) >= 11 is 4.08. The highest BCUT2D eigenvalue weighted by Gasteiger charge is 2.03. The molecule has 0 aromatic rings. The minimum absolute atomic E-state index is 0.0494. The Bertz CT molecular complexity index is 86.2. The lowest BCUT2D eigenvalue weighted by Gasteiger charge is -2.15. The maximum atomic E-state index is 5.32. The van der Waals surface area contributed by atoms with Crippen LogP contribution in [-0.4, -0.2) is 18.3 Å². The minimum atomic E-state index is -0.131. The summed E-state index contributed by atoms with van der Waals surface area (Å²) < 4.78 is 10.6. The van der Waals surface area contributed by atoms with Crippen LogP contribution in [0, 0.1) is 0 Å². The molecule has 0 aromatic heterocycles. The molecule has 0 aromatic carbocycles. The highest BCUT2D eigenvalue weighted by Crippen LogP contribution is 2.03. The molecule has 0 saturated heterocycles. The van der Waals surface area contributed by atoms with E-state index in [1.165, 1.54) is 0 Å². The van der Waals surface area contributed by atoms with Gasteiger partial charge in [-0.25, -0.2) is 0 Å². The highest BCUT2D eigenvalue weighted by atomic mass is 32.1. The van der Waals surface area contributed by atoms with E-state index in [1.807, 2.05) is 13.8 Å². The van der Waals surface area contributed by atoms with Crippen LogP contribution in [0.15, 0.2) is 0 Å². The molecular formula is C8H18O2S. The van der Waals surface area contributed by atoms with E-state index in [0.29, 0.717) is 0 Å². The molecule has 0 heterocycles. The first-order chi connectivity index (χ1) is 5.16. The van der Waals surface area contributed by atoms with Gasteiger partial charge in [-0.2, -0.15) is 0 Å². The SMILES string of the molecule is CCCCOC(C)OC(C)S. The van der Waals surface area contributed by atoms with E-state index in [1.54, 1.807) is 0 Å². The van der Waals surface area contributed by atoms with Crippen molar-refractivity contribution in [2.24, 2.45) is 0 Å². The normalized spacial score (nSPS) is 16.4. The Morgan fingerprint density at radius 2 is 2.00 bits per heavy atom. The molecule has 0 amide bonds. The van der Waals surface area contributed by atoms with Gasteiger partial charge in [-0.15, -0.1) is 12.6 Å². The van der Waals surface area contributed by atoms with Crippen LogP contribution >= 0.6 is 12.6 Å². The summed E-state index contributed by atoms with van der Waals surface area (Å²) in [5, 5.41) is 0. The summed E-state index contributed by atoms with van der Waals surface area (Å²) in [6.07, 6.45) is 2.12. The van der Waals surface area contributed by atoms with Gasteiger partial charge in [-0.3, -0.25) is 0 Å². The number of rotatable bonds is 6. The average molecular weight is 178 g/mol. The number of thiol groups is 1. The fraction of sp³-hybridized carbons (Fsp3) is 1.00. The van der Waals surface area contributed by atoms with E-state index in [4.69, 9.17) is 9.47 Å². The summed E-state index contributed by atoms with van der Waals surface area (Å²) in [7, 11) is 0. The zero-order valence-electron chi connectivity index (χ0n) is 7.54. The van der Waals surface area contributed by atoms with E-state index >= 15 is 0 Å². The van der Waals surface area contributed by atoms with Gasteiger partial charge in [0.15, 0.2) is 6.29 Å². The maximum absolute atomic E-state index is 5.32. The standard InChI is InChI=1S/C8H18O2S/c1-4-5-6-9-7(2)10-8(3)11/h7-8,11H,4-6H2,1-3H3. The Hall–Kier alpha value is 0.270. The summed E-state index contributed by atoms with van der Waals surface area (Å²) in [6.45, 7) is 6.68. The monoisotopic (exact) mass is 178 g/mol. The fourth-order valence-corrected chi connectivity index (χ4v) is 0.882. The van der Waals surface area contributed by atoms with Crippen molar-refractivity contribution in [2.45, 2.75) is 45.3 Å². The van der Waals surface area contributed by atoms with Crippen molar-refractivity contribution in [3.63, 3.8) is 0 Å². The highest BCUT2D eigenvalue weighted by molar-refractivity contribution is 7.80. The van der Waals surface area contributed by atoms with Crippen LogP contribution in [0.25, 0.3) is 0 Å². The van der Waals surface area contributed by atoms with Gasteiger partial charge in [0.05, 0.1) is 0 Å². The van der Waals surface area contributed by atoms with Gasteiger partial charge < -0.3 is 9.47 Å². The molecule has 0 aliphatic carbocycles. The van der Waals surface area contributed by atoms with Gasteiger partial charge in [-0.1, -0.05) is 13.3 Å². The summed E-state index contributed by atoms with van der Waals surface area (Å²) in [4.78, 5) is 0. The molecule has 0 saturated carbocycles. The summed E-state index contributed by atoms with van der Waals surface area (Å²) in [5.74, 6) is 0. The van der Waals surface area contributed by atoms with Crippen molar-refractivity contribution in [3.05, 3.63) is 0 Å². The molecule has 0 radical (unpaired) electrons. The molecule has 0 spiro atoms. The number of hydrogen-bond acceptors (Lipinski definition) is 3. The Kier molecular flexibility index (Phi) is 7.12. The topological polar surface area (TPSA) is 18.5 Å². The first-order valence-electron chi connectivity index (χ1n) is 4.12. The zero-order valence-corrected chi connectivity index (χ0v) is 8.43. The van der Waals surface area contributed by atoms with E-state index in [-0.39, 0.29) is 11.7 Å². The Balaban J connectivity index is 3.15. The van der Waals surface area contributed by atoms with Crippen LogP contribution in [0.5, 0.6) is 0 Å². The molecule has 0 rings (SSSR count). The Labute approximate surface area is 74.7 Å². The van der Waals surface area contributed by atoms with E-state index in [2.05, 4.69) is 19.6 Å². The minimum Gasteiger partial charge on any atom is -0.353 e. The van der Waals surface area contributed by atoms with Crippen molar-refractivity contribution in [1.29, 1.82) is 0 Å². The second-order valence-electron chi connectivity index (χ2n) is 2.53. The molecule has 0 aliphatic rings. The second-order valence-corrected chi connectivity index (χ2v) is 3.25. The predicted octanol–water partition coefficient (Wildman–Crippen LogP) is 2.44. The second kappa shape index (κ2) is 6.95. The third-order valence-electron chi connectivity index (χ3n) is 1.24. The van der Waals surface area contributed by atoms with Crippen LogP contribution in [-0.2, 0) is 9.47 Å². The van der Waals surface area contributed by atoms with Crippen molar-refractivity contribution in [2.75, 3.05) is 6.61 Å². The average Bonchev–Trinajstić information content (AvgIpc) is 1.86. The molecular weight excluding hydrogens is 160 g/mol. The Morgan fingerprint density at radius 1 is 1.36 bits per heavy atom. The molecule has 0 aliphatic heterocycles. The number of ether oxygens (including phenoxy) is 2. The van der Waals surface area contributed by atoms with Gasteiger partial charge >= 0.3 is 0 Å². The van der Waals surface area contributed by atoms with Crippen molar-refractivity contribution < 1.29 is 9.47 Å². The Morgan fingerprint density at radius 3 is 2.45 bits per heavy atom. The van der Waals surface area contributed by atoms with Gasteiger partial charge in [0.2, 0.25) is 0 Å². The maximum Gasteiger partial charge on any atom is 0.156 e. The van der Waals surface area contributed by atoms with Crippen LogP contribution in [0.2, 0.25) is 0 Å². The van der Waals surface area contributed by atoms with E-state index < -0.39 is 0 Å². The molecule has 0 bridgehead atoms. The van der Waals surface area contributed by atoms with Crippen LogP contribution in [0.3, 0.4) is 0 Å².